The fourth-order valence-electron chi connectivity index (χ4n) is 2.94. The van der Waals surface area contributed by atoms with E-state index in [1.807, 2.05) is 25.1 Å². The van der Waals surface area contributed by atoms with Crippen molar-refractivity contribution in [2.45, 2.75) is 26.7 Å². The van der Waals surface area contributed by atoms with E-state index in [0.717, 1.165) is 43.2 Å². The SMILES string of the molecule is CCNC(=NCCc1cc(C)ccc1OC)NCCc1ccc(O)c(OC)c1.I. The molecular formula is C22H32IN3O3. The lowest BCUT2D eigenvalue weighted by molar-refractivity contribution is 0.373. The van der Waals surface area contributed by atoms with Gasteiger partial charge in [-0.25, -0.2) is 0 Å². The van der Waals surface area contributed by atoms with Gasteiger partial charge in [0, 0.05) is 19.6 Å². The molecule has 160 valence electrons. The van der Waals surface area contributed by atoms with Crippen LogP contribution in [-0.2, 0) is 12.8 Å². The lowest BCUT2D eigenvalue weighted by Gasteiger charge is -2.13. The molecule has 2 rings (SSSR count). The van der Waals surface area contributed by atoms with E-state index >= 15 is 0 Å². The Morgan fingerprint density at radius 1 is 1.00 bits per heavy atom. The molecule has 7 heteroatoms. The van der Waals surface area contributed by atoms with Crippen LogP contribution in [0.1, 0.15) is 23.6 Å². The van der Waals surface area contributed by atoms with Crippen molar-refractivity contribution in [2.24, 2.45) is 4.99 Å². The molecule has 6 nitrogen and oxygen atoms in total. The van der Waals surface area contributed by atoms with Crippen molar-refractivity contribution in [1.29, 1.82) is 0 Å². The second-order valence-electron chi connectivity index (χ2n) is 6.51. The minimum Gasteiger partial charge on any atom is -0.504 e. The Bertz CT molecular complexity index is 797. The fraction of sp³-hybridized carbons (Fsp3) is 0.409. The van der Waals surface area contributed by atoms with Crippen LogP contribution in [0, 0.1) is 6.92 Å². The van der Waals surface area contributed by atoms with Crippen LogP contribution in [0.5, 0.6) is 17.2 Å². The van der Waals surface area contributed by atoms with Crippen LogP contribution in [0.25, 0.3) is 0 Å². The number of nitrogens with one attached hydrogen (secondary N) is 2. The normalized spacial score (nSPS) is 10.8. The van der Waals surface area contributed by atoms with Crippen molar-refractivity contribution in [3.8, 4) is 17.2 Å². The highest BCUT2D eigenvalue weighted by Gasteiger charge is 2.05. The van der Waals surface area contributed by atoms with E-state index in [9.17, 15) is 5.11 Å². The van der Waals surface area contributed by atoms with Gasteiger partial charge in [-0.1, -0.05) is 23.8 Å². The molecule has 2 aromatic carbocycles. The zero-order valence-electron chi connectivity index (χ0n) is 17.6. The fourth-order valence-corrected chi connectivity index (χ4v) is 2.94. The van der Waals surface area contributed by atoms with Gasteiger partial charge < -0.3 is 25.2 Å². The van der Waals surface area contributed by atoms with Crippen molar-refractivity contribution in [1.82, 2.24) is 10.6 Å². The van der Waals surface area contributed by atoms with Crippen LogP contribution in [0.2, 0.25) is 0 Å². The summed E-state index contributed by atoms with van der Waals surface area (Å²) < 4.78 is 10.6. The number of phenolic OH excluding ortho intramolecular Hbond substituents is 1. The van der Waals surface area contributed by atoms with Gasteiger partial charge in [-0.15, -0.1) is 24.0 Å². The number of aliphatic imine (C=N–C) groups is 1. The van der Waals surface area contributed by atoms with Gasteiger partial charge in [0.25, 0.3) is 0 Å². The standard InChI is InChI=1S/C22H31N3O3.HI/c1-5-23-22(24-12-10-17-7-8-19(26)21(15-17)28-4)25-13-11-18-14-16(2)6-9-20(18)27-3;/h6-9,14-15,26H,5,10-13H2,1-4H3,(H2,23,24,25);1H. The number of aryl methyl sites for hydroxylation is 1. The zero-order valence-corrected chi connectivity index (χ0v) is 19.9. The predicted molar refractivity (Wildman–Crippen MR) is 129 cm³/mol. The van der Waals surface area contributed by atoms with E-state index in [2.05, 4.69) is 34.7 Å². The maximum Gasteiger partial charge on any atom is 0.191 e. The smallest absolute Gasteiger partial charge is 0.191 e. The average molecular weight is 513 g/mol. The summed E-state index contributed by atoms with van der Waals surface area (Å²) in [5.41, 5.74) is 3.47. The highest BCUT2D eigenvalue weighted by atomic mass is 127. The second-order valence-corrected chi connectivity index (χ2v) is 6.51. The van der Waals surface area contributed by atoms with Crippen molar-refractivity contribution in [2.75, 3.05) is 33.9 Å². The quantitative estimate of drug-likeness (QED) is 0.271. The van der Waals surface area contributed by atoms with Crippen molar-refractivity contribution in [3.05, 3.63) is 53.1 Å². The Hall–Kier alpha value is -2.16. The number of hydrogen-bond donors (Lipinski definition) is 3. The molecular weight excluding hydrogens is 481 g/mol. The first-order valence-electron chi connectivity index (χ1n) is 9.59. The highest BCUT2D eigenvalue weighted by molar-refractivity contribution is 14.0. The maximum absolute atomic E-state index is 9.69. The van der Waals surface area contributed by atoms with Gasteiger partial charge in [0.1, 0.15) is 5.75 Å². The molecule has 0 aliphatic heterocycles. The Morgan fingerprint density at radius 3 is 2.45 bits per heavy atom. The molecule has 0 aromatic heterocycles. The van der Waals surface area contributed by atoms with Crippen molar-refractivity contribution < 1.29 is 14.6 Å². The van der Waals surface area contributed by atoms with Crippen LogP contribution < -0.4 is 20.1 Å². The number of benzene rings is 2. The number of guanidine groups is 1. The molecule has 0 radical (unpaired) electrons. The minimum atomic E-state index is 0. The number of methoxy groups -OCH3 is 2. The van der Waals surface area contributed by atoms with Crippen LogP contribution >= 0.6 is 24.0 Å². The summed E-state index contributed by atoms with van der Waals surface area (Å²) >= 11 is 0. The molecule has 0 bridgehead atoms. The van der Waals surface area contributed by atoms with E-state index in [0.29, 0.717) is 12.3 Å². The van der Waals surface area contributed by atoms with Crippen LogP contribution in [0.3, 0.4) is 0 Å². The molecule has 0 fully saturated rings. The average Bonchev–Trinajstić information content (AvgIpc) is 2.69. The van der Waals surface area contributed by atoms with Gasteiger partial charge >= 0.3 is 0 Å². The number of rotatable bonds is 9. The molecule has 3 N–H and O–H groups in total. The van der Waals surface area contributed by atoms with Crippen molar-refractivity contribution >= 4 is 29.9 Å². The Morgan fingerprint density at radius 2 is 1.76 bits per heavy atom. The first-order valence-corrected chi connectivity index (χ1v) is 9.59. The van der Waals surface area contributed by atoms with Crippen molar-refractivity contribution in [3.63, 3.8) is 0 Å². The largest absolute Gasteiger partial charge is 0.504 e. The summed E-state index contributed by atoms with van der Waals surface area (Å²) in [5.74, 6) is 2.34. The minimum absolute atomic E-state index is 0. The maximum atomic E-state index is 9.69. The molecule has 0 saturated carbocycles. The number of phenols is 1. The third-order valence-corrected chi connectivity index (χ3v) is 4.38. The van der Waals surface area contributed by atoms with E-state index in [-0.39, 0.29) is 29.7 Å². The molecule has 0 aliphatic carbocycles. The topological polar surface area (TPSA) is 75.1 Å². The Balaban J connectivity index is 0.00000420. The molecule has 2 aromatic rings. The molecule has 0 atom stereocenters. The third-order valence-electron chi connectivity index (χ3n) is 4.38. The van der Waals surface area contributed by atoms with E-state index in [1.54, 1.807) is 20.3 Å². The number of ether oxygens (including phenoxy) is 2. The summed E-state index contributed by atoms with van der Waals surface area (Å²) in [4.78, 5) is 4.67. The van der Waals surface area contributed by atoms with Gasteiger partial charge in [-0.2, -0.15) is 0 Å². The lowest BCUT2D eigenvalue weighted by atomic mass is 10.1. The Labute approximate surface area is 190 Å². The molecule has 0 unspecified atom stereocenters. The van der Waals surface area contributed by atoms with E-state index < -0.39 is 0 Å². The molecule has 0 aliphatic rings. The van der Waals surface area contributed by atoms with Gasteiger partial charge in [0.15, 0.2) is 17.5 Å². The summed E-state index contributed by atoms with van der Waals surface area (Å²) in [6.45, 7) is 6.32. The van der Waals surface area contributed by atoms with E-state index in [4.69, 9.17) is 9.47 Å². The van der Waals surface area contributed by atoms with Gasteiger partial charge in [-0.05, 0) is 56.0 Å². The highest BCUT2D eigenvalue weighted by Crippen LogP contribution is 2.26. The predicted octanol–water partition coefficient (Wildman–Crippen LogP) is 3.68. The molecule has 29 heavy (non-hydrogen) atoms. The van der Waals surface area contributed by atoms with Crippen LogP contribution in [0.4, 0.5) is 0 Å². The second kappa shape index (κ2) is 13.1. The van der Waals surface area contributed by atoms with Crippen LogP contribution in [0.15, 0.2) is 41.4 Å². The number of hydrogen-bond acceptors (Lipinski definition) is 4. The molecule has 0 spiro atoms. The number of nitrogens with zero attached hydrogens (tertiary/aromatic N) is 1. The lowest BCUT2D eigenvalue weighted by Crippen LogP contribution is -2.38. The molecule has 0 heterocycles. The van der Waals surface area contributed by atoms with Gasteiger partial charge in [0.2, 0.25) is 0 Å². The van der Waals surface area contributed by atoms with Gasteiger partial charge in [-0.3, -0.25) is 4.99 Å². The molecule has 0 amide bonds. The first kappa shape index (κ1) is 24.9. The summed E-state index contributed by atoms with van der Waals surface area (Å²) in [5, 5.41) is 16.3. The Kier molecular flexibility index (Phi) is 11.3. The van der Waals surface area contributed by atoms with E-state index in [1.165, 1.54) is 11.1 Å². The number of halogens is 1. The monoisotopic (exact) mass is 513 g/mol. The first-order chi connectivity index (χ1) is 13.6. The third kappa shape index (κ3) is 8.00. The molecule has 0 saturated heterocycles. The summed E-state index contributed by atoms with van der Waals surface area (Å²) in [6.07, 6.45) is 1.61. The summed E-state index contributed by atoms with van der Waals surface area (Å²) in [6, 6.07) is 11.6. The number of aromatic hydroxyl groups is 1. The van der Waals surface area contributed by atoms with Gasteiger partial charge in [0.05, 0.1) is 14.2 Å². The van der Waals surface area contributed by atoms with Crippen LogP contribution in [-0.4, -0.2) is 44.9 Å². The summed E-state index contributed by atoms with van der Waals surface area (Å²) in [7, 11) is 3.25. The zero-order chi connectivity index (χ0) is 20.4.